The Bertz CT molecular complexity index is 991. The molecule has 2 aromatic heterocycles. The number of nitrogens with two attached hydrogens (primary N) is 1. The molecule has 4 aromatic rings. The Kier molecular flexibility index (Phi) is 1.99. The van der Waals surface area contributed by atoms with Crippen molar-refractivity contribution < 1.29 is 9.50 Å². The SMILES string of the molecule is Nc1nc2cc(O)ccc2n2cc3c(F)cccc3c12. The van der Waals surface area contributed by atoms with Gasteiger partial charge in [0.05, 0.1) is 16.6 Å². The fourth-order valence-corrected chi connectivity index (χ4v) is 2.64. The van der Waals surface area contributed by atoms with Crippen LogP contribution in [0.5, 0.6) is 5.75 Å². The van der Waals surface area contributed by atoms with Gasteiger partial charge in [-0.3, -0.25) is 0 Å². The summed E-state index contributed by atoms with van der Waals surface area (Å²) in [5.41, 5.74) is 8.01. The summed E-state index contributed by atoms with van der Waals surface area (Å²) in [5.74, 6) is 0.132. The lowest BCUT2D eigenvalue weighted by atomic mass is 10.2. The van der Waals surface area contributed by atoms with Crippen molar-refractivity contribution in [1.29, 1.82) is 0 Å². The molecule has 0 saturated heterocycles. The van der Waals surface area contributed by atoms with E-state index < -0.39 is 0 Å². The maximum Gasteiger partial charge on any atom is 0.149 e. The van der Waals surface area contributed by atoms with Crippen molar-refractivity contribution in [1.82, 2.24) is 9.38 Å². The first kappa shape index (κ1) is 11.0. The number of fused-ring (bicyclic) bond motifs is 5. The lowest BCUT2D eigenvalue weighted by molar-refractivity contribution is 0.476. The number of nitrogens with zero attached hydrogens (tertiary/aromatic N) is 2. The Labute approximate surface area is 112 Å². The minimum Gasteiger partial charge on any atom is -0.508 e. The van der Waals surface area contributed by atoms with Crippen LogP contribution < -0.4 is 5.73 Å². The molecule has 2 heterocycles. The molecule has 0 saturated carbocycles. The molecule has 0 atom stereocenters. The summed E-state index contributed by atoms with van der Waals surface area (Å²) < 4.78 is 15.7. The normalized spacial score (nSPS) is 11.7. The fourth-order valence-electron chi connectivity index (χ4n) is 2.64. The van der Waals surface area contributed by atoms with Gasteiger partial charge in [0.15, 0.2) is 0 Å². The molecule has 4 nitrogen and oxygen atoms in total. The molecule has 3 N–H and O–H groups in total. The van der Waals surface area contributed by atoms with Crippen LogP contribution in [0.3, 0.4) is 0 Å². The largest absolute Gasteiger partial charge is 0.508 e. The first-order valence-corrected chi connectivity index (χ1v) is 6.12. The van der Waals surface area contributed by atoms with Gasteiger partial charge in [0.2, 0.25) is 0 Å². The highest BCUT2D eigenvalue weighted by Crippen LogP contribution is 2.31. The van der Waals surface area contributed by atoms with E-state index in [1.807, 2.05) is 10.5 Å². The van der Waals surface area contributed by atoms with Crippen molar-refractivity contribution in [3.8, 4) is 5.75 Å². The van der Waals surface area contributed by atoms with Crippen molar-refractivity contribution in [2.24, 2.45) is 0 Å². The molecule has 0 unspecified atom stereocenters. The van der Waals surface area contributed by atoms with Gasteiger partial charge in [0, 0.05) is 23.0 Å². The summed E-state index contributed by atoms with van der Waals surface area (Å²) in [4.78, 5) is 4.29. The second-order valence-electron chi connectivity index (χ2n) is 4.72. The maximum absolute atomic E-state index is 13.9. The zero-order valence-corrected chi connectivity index (χ0v) is 10.3. The van der Waals surface area contributed by atoms with Gasteiger partial charge in [0.1, 0.15) is 17.4 Å². The van der Waals surface area contributed by atoms with Crippen LogP contribution >= 0.6 is 0 Å². The van der Waals surface area contributed by atoms with Gasteiger partial charge < -0.3 is 15.2 Å². The van der Waals surface area contributed by atoms with E-state index in [1.165, 1.54) is 12.1 Å². The van der Waals surface area contributed by atoms with Crippen LogP contribution in [0.25, 0.3) is 27.3 Å². The molecular formula is C15H10FN3O. The summed E-state index contributed by atoms with van der Waals surface area (Å²) >= 11 is 0. The van der Waals surface area contributed by atoms with Crippen LogP contribution in [0.1, 0.15) is 0 Å². The third-order valence-electron chi connectivity index (χ3n) is 3.51. The van der Waals surface area contributed by atoms with E-state index in [2.05, 4.69) is 4.98 Å². The number of anilines is 1. The molecule has 0 aliphatic carbocycles. The molecule has 0 spiro atoms. The average molecular weight is 267 g/mol. The summed E-state index contributed by atoms with van der Waals surface area (Å²) in [6.07, 6.45) is 1.71. The van der Waals surface area contributed by atoms with Gasteiger partial charge in [-0.15, -0.1) is 0 Å². The van der Waals surface area contributed by atoms with Crippen LogP contribution in [0.15, 0.2) is 42.6 Å². The number of aromatic nitrogens is 2. The number of phenols is 1. The topological polar surface area (TPSA) is 63.5 Å². The second-order valence-corrected chi connectivity index (χ2v) is 4.72. The van der Waals surface area contributed by atoms with E-state index in [-0.39, 0.29) is 11.6 Å². The van der Waals surface area contributed by atoms with E-state index in [1.54, 1.807) is 24.4 Å². The van der Waals surface area contributed by atoms with Gasteiger partial charge in [-0.05, 0) is 18.2 Å². The fraction of sp³-hybridized carbons (Fsp3) is 0. The van der Waals surface area contributed by atoms with Crippen molar-refractivity contribution in [2.75, 3.05) is 5.73 Å². The van der Waals surface area contributed by atoms with Crippen molar-refractivity contribution >= 4 is 33.1 Å². The maximum atomic E-state index is 13.9. The van der Waals surface area contributed by atoms with Crippen LogP contribution in [-0.2, 0) is 0 Å². The molecule has 0 fully saturated rings. The minimum atomic E-state index is -0.294. The molecular weight excluding hydrogens is 257 g/mol. The van der Waals surface area contributed by atoms with E-state index in [0.29, 0.717) is 22.2 Å². The van der Waals surface area contributed by atoms with Gasteiger partial charge in [-0.2, -0.15) is 0 Å². The Morgan fingerprint density at radius 3 is 2.85 bits per heavy atom. The lowest BCUT2D eigenvalue weighted by Crippen LogP contribution is -1.97. The summed E-state index contributed by atoms with van der Waals surface area (Å²) in [6, 6.07) is 9.73. The van der Waals surface area contributed by atoms with Crippen LogP contribution in [0.2, 0.25) is 0 Å². The molecule has 0 amide bonds. The molecule has 20 heavy (non-hydrogen) atoms. The molecule has 0 bridgehead atoms. The predicted molar refractivity (Wildman–Crippen MR) is 76.2 cm³/mol. The van der Waals surface area contributed by atoms with Crippen molar-refractivity contribution in [3.63, 3.8) is 0 Å². The van der Waals surface area contributed by atoms with Crippen LogP contribution in [-0.4, -0.2) is 14.5 Å². The molecule has 98 valence electrons. The van der Waals surface area contributed by atoms with E-state index >= 15 is 0 Å². The lowest BCUT2D eigenvalue weighted by Gasteiger charge is -2.05. The summed E-state index contributed by atoms with van der Waals surface area (Å²) in [5, 5.41) is 10.8. The molecule has 0 radical (unpaired) electrons. The van der Waals surface area contributed by atoms with Gasteiger partial charge in [-0.1, -0.05) is 12.1 Å². The highest BCUT2D eigenvalue weighted by atomic mass is 19.1. The highest BCUT2D eigenvalue weighted by Gasteiger charge is 2.13. The number of hydrogen-bond acceptors (Lipinski definition) is 3. The standard InChI is InChI=1S/C15H10FN3O/c16-11-3-1-2-9-10(11)7-19-13-5-4-8(20)6-12(13)18-15(17)14(9)19/h1-7,20H,(H2,17,18). The molecule has 5 heteroatoms. The number of rotatable bonds is 0. The van der Waals surface area contributed by atoms with E-state index in [9.17, 15) is 9.50 Å². The van der Waals surface area contributed by atoms with Gasteiger partial charge in [0.25, 0.3) is 0 Å². The van der Waals surface area contributed by atoms with Crippen molar-refractivity contribution in [3.05, 3.63) is 48.4 Å². The number of halogens is 1. The highest BCUT2D eigenvalue weighted by molar-refractivity contribution is 6.04. The average Bonchev–Trinajstić information content (AvgIpc) is 2.80. The summed E-state index contributed by atoms with van der Waals surface area (Å²) in [6.45, 7) is 0. The number of hydrogen-bond donors (Lipinski definition) is 2. The Hall–Kier alpha value is -2.82. The first-order valence-electron chi connectivity index (χ1n) is 6.12. The third kappa shape index (κ3) is 1.31. The first-order chi connectivity index (χ1) is 9.65. The number of aromatic hydroxyl groups is 1. The zero-order valence-electron chi connectivity index (χ0n) is 10.3. The minimum absolute atomic E-state index is 0.117. The zero-order chi connectivity index (χ0) is 13.9. The third-order valence-corrected chi connectivity index (χ3v) is 3.51. The Morgan fingerprint density at radius 1 is 1.15 bits per heavy atom. The number of nitrogen functional groups attached to an aromatic ring is 1. The molecule has 0 aliphatic heterocycles. The smallest absolute Gasteiger partial charge is 0.149 e. The quantitative estimate of drug-likeness (QED) is 0.514. The van der Waals surface area contributed by atoms with Gasteiger partial charge >= 0.3 is 0 Å². The van der Waals surface area contributed by atoms with Crippen molar-refractivity contribution in [2.45, 2.75) is 0 Å². The summed E-state index contributed by atoms with van der Waals surface area (Å²) in [7, 11) is 0. The monoisotopic (exact) mass is 267 g/mol. The predicted octanol–water partition coefficient (Wildman–Crippen LogP) is 3.07. The number of phenolic OH excluding ortho intramolecular Hbond substituents is 1. The van der Waals surface area contributed by atoms with Crippen LogP contribution in [0, 0.1) is 5.82 Å². The molecule has 2 aromatic carbocycles. The Balaban J connectivity index is 2.33. The number of benzene rings is 2. The second kappa shape index (κ2) is 3.60. The molecule has 0 aliphatic rings. The molecule has 4 rings (SSSR count). The van der Waals surface area contributed by atoms with Gasteiger partial charge in [-0.25, -0.2) is 9.37 Å². The van der Waals surface area contributed by atoms with E-state index in [4.69, 9.17) is 5.73 Å². The van der Waals surface area contributed by atoms with E-state index in [0.717, 1.165) is 10.9 Å². The van der Waals surface area contributed by atoms with Crippen LogP contribution in [0.4, 0.5) is 10.2 Å². The Morgan fingerprint density at radius 2 is 2.00 bits per heavy atom.